The smallest absolute Gasteiger partial charge is 0.262 e. The monoisotopic (exact) mass is 267 g/mol. The first kappa shape index (κ1) is 13.8. The third-order valence-corrected chi connectivity index (χ3v) is 3.21. The minimum Gasteiger partial charge on any atom is -0.489 e. The summed E-state index contributed by atoms with van der Waals surface area (Å²) in [7, 11) is 1.54. The number of nitrogen functional groups attached to an aromatic ring is 1. The highest BCUT2D eigenvalue weighted by molar-refractivity contribution is 5.54. The van der Waals surface area contributed by atoms with Crippen molar-refractivity contribution < 1.29 is 9.47 Å². The number of piperidine rings is 1. The molecule has 0 aliphatic carbocycles. The van der Waals surface area contributed by atoms with Crippen molar-refractivity contribution in [3.8, 4) is 11.6 Å². The van der Waals surface area contributed by atoms with Crippen molar-refractivity contribution in [1.82, 2.24) is 14.9 Å². The number of likely N-dealkylation sites (tertiary alicyclic amines) is 1. The molecule has 106 valence electrons. The fourth-order valence-corrected chi connectivity index (χ4v) is 2.20. The van der Waals surface area contributed by atoms with Gasteiger partial charge < -0.3 is 14.9 Å². The van der Waals surface area contributed by atoms with Gasteiger partial charge in [-0.25, -0.2) is 10.8 Å². The SMILES string of the molecule is COc1c(NN)ncnc1OCCN1CCCCC1. The molecule has 1 aliphatic rings. The molecule has 7 nitrogen and oxygen atoms in total. The van der Waals surface area contributed by atoms with Crippen molar-refractivity contribution in [2.75, 3.05) is 38.8 Å². The van der Waals surface area contributed by atoms with Gasteiger partial charge in [0.2, 0.25) is 5.75 Å². The topological polar surface area (TPSA) is 85.5 Å². The summed E-state index contributed by atoms with van der Waals surface area (Å²) in [5.74, 6) is 6.63. The van der Waals surface area contributed by atoms with E-state index in [0.29, 0.717) is 24.1 Å². The van der Waals surface area contributed by atoms with Gasteiger partial charge in [0.15, 0.2) is 5.82 Å². The van der Waals surface area contributed by atoms with Crippen molar-refractivity contribution in [1.29, 1.82) is 0 Å². The molecule has 0 atom stereocenters. The number of hydrazine groups is 1. The van der Waals surface area contributed by atoms with Crippen LogP contribution in [0.1, 0.15) is 19.3 Å². The van der Waals surface area contributed by atoms with Gasteiger partial charge in [-0.1, -0.05) is 6.42 Å². The first-order valence-electron chi connectivity index (χ1n) is 6.56. The molecule has 0 unspecified atom stereocenters. The summed E-state index contributed by atoms with van der Waals surface area (Å²) in [4.78, 5) is 10.4. The van der Waals surface area contributed by atoms with Crippen LogP contribution in [0.3, 0.4) is 0 Å². The fourth-order valence-electron chi connectivity index (χ4n) is 2.20. The van der Waals surface area contributed by atoms with E-state index in [1.807, 2.05) is 0 Å². The Hall–Kier alpha value is -1.60. The summed E-state index contributed by atoms with van der Waals surface area (Å²) < 4.78 is 10.9. The Morgan fingerprint density at radius 3 is 2.79 bits per heavy atom. The molecule has 1 aliphatic heterocycles. The summed E-state index contributed by atoms with van der Waals surface area (Å²) >= 11 is 0. The second kappa shape index (κ2) is 7.10. The van der Waals surface area contributed by atoms with Crippen LogP contribution in [0.2, 0.25) is 0 Å². The van der Waals surface area contributed by atoms with Gasteiger partial charge >= 0.3 is 0 Å². The van der Waals surface area contributed by atoms with Crippen molar-refractivity contribution in [3.05, 3.63) is 6.33 Å². The molecular weight excluding hydrogens is 246 g/mol. The van der Waals surface area contributed by atoms with Crippen LogP contribution in [-0.2, 0) is 0 Å². The molecule has 2 heterocycles. The fraction of sp³-hybridized carbons (Fsp3) is 0.667. The predicted octanol–water partition coefficient (Wildman–Crippen LogP) is 0.635. The third kappa shape index (κ3) is 3.68. The van der Waals surface area contributed by atoms with Crippen LogP contribution in [0.25, 0.3) is 0 Å². The van der Waals surface area contributed by atoms with Gasteiger partial charge in [0.1, 0.15) is 12.9 Å². The molecule has 1 fully saturated rings. The van der Waals surface area contributed by atoms with E-state index in [9.17, 15) is 0 Å². The van der Waals surface area contributed by atoms with Gasteiger partial charge in [-0.15, -0.1) is 0 Å². The number of methoxy groups -OCH3 is 1. The van der Waals surface area contributed by atoms with Gasteiger partial charge in [-0.3, -0.25) is 4.90 Å². The molecule has 3 N–H and O–H groups in total. The number of hydrogen-bond acceptors (Lipinski definition) is 7. The molecular formula is C12H21N5O2. The maximum atomic E-state index is 5.66. The lowest BCUT2D eigenvalue weighted by atomic mass is 10.1. The number of hydrogen-bond donors (Lipinski definition) is 2. The quantitative estimate of drug-likeness (QED) is 0.577. The Morgan fingerprint density at radius 1 is 1.32 bits per heavy atom. The Labute approximate surface area is 113 Å². The lowest BCUT2D eigenvalue weighted by Crippen LogP contribution is -2.33. The molecule has 7 heteroatoms. The van der Waals surface area contributed by atoms with Crippen molar-refractivity contribution in [2.45, 2.75) is 19.3 Å². The lowest BCUT2D eigenvalue weighted by Gasteiger charge is -2.26. The Kier molecular flexibility index (Phi) is 5.17. The summed E-state index contributed by atoms with van der Waals surface area (Å²) in [6.45, 7) is 3.79. The predicted molar refractivity (Wildman–Crippen MR) is 72.2 cm³/mol. The van der Waals surface area contributed by atoms with Gasteiger partial charge in [0, 0.05) is 6.54 Å². The van der Waals surface area contributed by atoms with E-state index in [2.05, 4.69) is 20.3 Å². The van der Waals surface area contributed by atoms with Crippen molar-refractivity contribution in [2.24, 2.45) is 5.84 Å². The van der Waals surface area contributed by atoms with Crippen LogP contribution in [0.4, 0.5) is 5.82 Å². The molecule has 0 radical (unpaired) electrons. The molecule has 0 amide bonds. The highest BCUT2D eigenvalue weighted by Crippen LogP contribution is 2.29. The number of anilines is 1. The molecule has 0 bridgehead atoms. The molecule has 0 saturated carbocycles. The van der Waals surface area contributed by atoms with E-state index in [-0.39, 0.29) is 0 Å². The average Bonchev–Trinajstić information content (AvgIpc) is 2.48. The highest BCUT2D eigenvalue weighted by atomic mass is 16.5. The lowest BCUT2D eigenvalue weighted by molar-refractivity contribution is 0.177. The largest absolute Gasteiger partial charge is 0.489 e. The zero-order valence-corrected chi connectivity index (χ0v) is 11.3. The summed E-state index contributed by atoms with van der Waals surface area (Å²) in [5.41, 5.74) is 2.46. The van der Waals surface area contributed by atoms with Crippen LogP contribution in [0, 0.1) is 0 Å². The van der Waals surface area contributed by atoms with Gasteiger partial charge in [-0.2, -0.15) is 4.98 Å². The van der Waals surface area contributed by atoms with Crippen LogP contribution in [-0.4, -0.2) is 48.2 Å². The maximum Gasteiger partial charge on any atom is 0.262 e. The summed E-state index contributed by atoms with van der Waals surface area (Å²) in [6, 6.07) is 0. The number of aromatic nitrogens is 2. The summed E-state index contributed by atoms with van der Waals surface area (Å²) in [5, 5.41) is 0. The molecule has 0 spiro atoms. The maximum absolute atomic E-state index is 5.66. The zero-order chi connectivity index (χ0) is 13.5. The van der Waals surface area contributed by atoms with Gasteiger partial charge in [0.05, 0.1) is 7.11 Å². The van der Waals surface area contributed by atoms with E-state index >= 15 is 0 Å². The molecule has 2 rings (SSSR count). The minimum atomic E-state index is 0.419. The second-order valence-electron chi connectivity index (χ2n) is 4.46. The van der Waals surface area contributed by atoms with E-state index in [1.54, 1.807) is 0 Å². The van der Waals surface area contributed by atoms with E-state index in [0.717, 1.165) is 19.6 Å². The van der Waals surface area contributed by atoms with Crippen LogP contribution >= 0.6 is 0 Å². The van der Waals surface area contributed by atoms with Crippen LogP contribution in [0.5, 0.6) is 11.6 Å². The number of nitrogens with zero attached hydrogens (tertiary/aromatic N) is 3. The minimum absolute atomic E-state index is 0.419. The first-order chi connectivity index (χ1) is 9.35. The number of rotatable bonds is 6. The first-order valence-corrected chi connectivity index (χ1v) is 6.56. The standard InChI is InChI=1S/C12H21N5O2/c1-18-10-11(16-13)14-9-15-12(10)19-8-7-17-5-3-2-4-6-17/h9H,2-8,13H2,1H3,(H,14,15,16). The Morgan fingerprint density at radius 2 is 2.11 bits per heavy atom. The highest BCUT2D eigenvalue weighted by Gasteiger charge is 2.14. The van der Waals surface area contributed by atoms with Crippen LogP contribution in [0.15, 0.2) is 6.33 Å². The van der Waals surface area contributed by atoms with Gasteiger partial charge in [-0.05, 0) is 25.9 Å². The van der Waals surface area contributed by atoms with Crippen molar-refractivity contribution >= 4 is 5.82 Å². The van der Waals surface area contributed by atoms with E-state index < -0.39 is 0 Å². The van der Waals surface area contributed by atoms with E-state index in [1.165, 1.54) is 32.7 Å². The second-order valence-corrected chi connectivity index (χ2v) is 4.46. The molecule has 1 saturated heterocycles. The number of nitrogens with two attached hydrogens (primary N) is 1. The average molecular weight is 267 g/mol. The van der Waals surface area contributed by atoms with Crippen LogP contribution < -0.4 is 20.7 Å². The van der Waals surface area contributed by atoms with Crippen molar-refractivity contribution in [3.63, 3.8) is 0 Å². The normalized spacial score (nSPS) is 16.1. The Bertz CT molecular complexity index is 396. The Balaban J connectivity index is 1.88. The molecule has 1 aromatic rings. The van der Waals surface area contributed by atoms with Gasteiger partial charge in [0.25, 0.3) is 5.88 Å². The molecule has 1 aromatic heterocycles. The van der Waals surface area contributed by atoms with E-state index in [4.69, 9.17) is 15.3 Å². The summed E-state index contributed by atoms with van der Waals surface area (Å²) in [6.07, 6.45) is 5.28. The number of nitrogens with one attached hydrogen (secondary N) is 1. The third-order valence-electron chi connectivity index (χ3n) is 3.21. The number of ether oxygens (including phenoxy) is 2. The molecule has 0 aromatic carbocycles. The molecule has 19 heavy (non-hydrogen) atoms. The zero-order valence-electron chi connectivity index (χ0n) is 11.3.